The van der Waals surface area contributed by atoms with Gasteiger partial charge in [0, 0.05) is 38.8 Å². The second kappa shape index (κ2) is 8.00. The minimum Gasteiger partial charge on any atom is -0.371 e. The van der Waals surface area contributed by atoms with Gasteiger partial charge in [-0.3, -0.25) is 4.79 Å². The summed E-state index contributed by atoms with van der Waals surface area (Å²) in [5.41, 5.74) is 3.75. The molecule has 0 bridgehead atoms. The molecule has 0 spiro atoms. The molecule has 0 aliphatic carbocycles. The summed E-state index contributed by atoms with van der Waals surface area (Å²) in [7, 11) is 1.91. The van der Waals surface area contributed by atoms with Gasteiger partial charge in [0.2, 0.25) is 5.91 Å². The number of carbonyl (C=O) groups excluding carboxylic acids is 1. The van der Waals surface area contributed by atoms with Crippen LogP contribution >= 0.6 is 0 Å². The standard InChI is InChI=1S/C21H26N2O/c1-22(21(24)14-13-18-9-3-2-4-10-18)17-19-11-5-6-12-20(19)23-15-7-8-16-23/h2-6,9-12H,7-8,13-17H2,1H3. The van der Waals surface area contributed by atoms with E-state index < -0.39 is 0 Å². The van der Waals surface area contributed by atoms with Crippen LogP contribution in [0.3, 0.4) is 0 Å². The van der Waals surface area contributed by atoms with Gasteiger partial charge >= 0.3 is 0 Å². The number of carbonyl (C=O) groups is 1. The number of nitrogens with zero attached hydrogens (tertiary/aromatic N) is 2. The summed E-state index contributed by atoms with van der Waals surface area (Å²) in [6.07, 6.45) is 3.89. The van der Waals surface area contributed by atoms with Crippen molar-refractivity contribution in [3.05, 3.63) is 65.7 Å². The van der Waals surface area contributed by atoms with Gasteiger partial charge in [-0.1, -0.05) is 48.5 Å². The lowest BCUT2D eigenvalue weighted by Gasteiger charge is -2.24. The lowest BCUT2D eigenvalue weighted by Crippen LogP contribution is -2.28. The molecule has 3 heteroatoms. The summed E-state index contributed by atoms with van der Waals surface area (Å²) in [5.74, 6) is 0.204. The van der Waals surface area contributed by atoms with E-state index in [9.17, 15) is 4.79 Å². The zero-order chi connectivity index (χ0) is 16.8. The van der Waals surface area contributed by atoms with E-state index in [-0.39, 0.29) is 5.91 Å². The SMILES string of the molecule is CN(Cc1ccccc1N1CCCC1)C(=O)CCc1ccccc1. The van der Waals surface area contributed by atoms with Crippen LogP contribution < -0.4 is 4.90 Å². The average molecular weight is 322 g/mol. The number of para-hydroxylation sites is 1. The Hall–Kier alpha value is -2.29. The third-order valence-corrected chi connectivity index (χ3v) is 4.74. The van der Waals surface area contributed by atoms with Crippen molar-refractivity contribution in [1.82, 2.24) is 4.90 Å². The number of aryl methyl sites for hydroxylation is 1. The van der Waals surface area contributed by atoms with Crippen LogP contribution in [0.4, 0.5) is 5.69 Å². The highest BCUT2D eigenvalue weighted by atomic mass is 16.2. The summed E-state index contributed by atoms with van der Waals surface area (Å²) in [6.45, 7) is 2.94. The molecule has 126 valence electrons. The van der Waals surface area contributed by atoms with Crippen LogP contribution in [-0.4, -0.2) is 30.9 Å². The third-order valence-electron chi connectivity index (χ3n) is 4.74. The van der Waals surface area contributed by atoms with Crippen LogP contribution in [-0.2, 0) is 17.8 Å². The summed E-state index contributed by atoms with van der Waals surface area (Å²) >= 11 is 0. The van der Waals surface area contributed by atoms with Crippen LogP contribution in [0.1, 0.15) is 30.4 Å². The molecule has 0 saturated carbocycles. The largest absolute Gasteiger partial charge is 0.371 e. The predicted octanol–water partition coefficient (Wildman–Crippen LogP) is 3.88. The Balaban J connectivity index is 1.60. The van der Waals surface area contributed by atoms with E-state index in [1.165, 1.54) is 29.7 Å². The van der Waals surface area contributed by atoms with Crippen LogP contribution in [0, 0.1) is 0 Å². The minimum atomic E-state index is 0.204. The molecule has 1 fully saturated rings. The highest BCUT2D eigenvalue weighted by Crippen LogP contribution is 2.25. The number of amides is 1. The van der Waals surface area contributed by atoms with Crippen molar-refractivity contribution in [1.29, 1.82) is 0 Å². The number of hydrogen-bond donors (Lipinski definition) is 0. The number of anilines is 1. The Morgan fingerprint density at radius 2 is 1.67 bits per heavy atom. The molecule has 1 amide bonds. The molecule has 0 aromatic heterocycles. The van der Waals surface area contributed by atoms with Gasteiger partial charge in [-0.25, -0.2) is 0 Å². The van der Waals surface area contributed by atoms with Crippen molar-refractivity contribution in [2.45, 2.75) is 32.2 Å². The molecule has 2 aromatic carbocycles. The molecule has 0 radical (unpaired) electrons. The molecule has 2 aromatic rings. The normalized spacial score (nSPS) is 14.0. The van der Waals surface area contributed by atoms with Gasteiger partial charge in [-0.05, 0) is 36.5 Å². The first-order valence-electron chi connectivity index (χ1n) is 8.85. The minimum absolute atomic E-state index is 0.204. The fourth-order valence-corrected chi connectivity index (χ4v) is 3.34. The number of hydrogen-bond acceptors (Lipinski definition) is 2. The van der Waals surface area contributed by atoms with Gasteiger partial charge in [-0.15, -0.1) is 0 Å². The van der Waals surface area contributed by atoms with Gasteiger partial charge < -0.3 is 9.80 Å². The molecule has 1 heterocycles. The number of rotatable bonds is 6. The summed E-state index contributed by atoms with van der Waals surface area (Å²) in [6, 6.07) is 18.7. The molecule has 3 nitrogen and oxygen atoms in total. The predicted molar refractivity (Wildman–Crippen MR) is 99.1 cm³/mol. The fraction of sp³-hybridized carbons (Fsp3) is 0.381. The molecular weight excluding hydrogens is 296 g/mol. The molecule has 3 rings (SSSR count). The van der Waals surface area contributed by atoms with E-state index in [4.69, 9.17) is 0 Å². The highest BCUT2D eigenvalue weighted by molar-refractivity contribution is 5.76. The molecule has 0 N–H and O–H groups in total. The summed E-state index contributed by atoms with van der Waals surface area (Å²) < 4.78 is 0. The molecule has 0 unspecified atom stereocenters. The van der Waals surface area contributed by atoms with E-state index in [1.54, 1.807) is 0 Å². The van der Waals surface area contributed by atoms with Crippen molar-refractivity contribution in [2.75, 3.05) is 25.0 Å². The Labute approximate surface area is 144 Å². The topological polar surface area (TPSA) is 23.6 Å². The van der Waals surface area contributed by atoms with Crippen molar-refractivity contribution in [2.24, 2.45) is 0 Å². The maximum Gasteiger partial charge on any atom is 0.222 e. The first-order valence-corrected chi connectivity index (χ1v) is 8.85. The van der Waals surface area contributed by atoms with E-state index in [0.29, 0.717) is 13.0 Å². The van der Waals surface area contributed by atoms with Crippen LogP contribution in [0.2, 0.25) is 0 Å². The Morgan fingerprint density at radius 3 is 2.42 bits per heavy atom. The highest BCUT2D eigenvalue weighted by Gasteiger charge is 2.17. The lowest BCUT2D eigenvalue weighted by atomic mass is 10.1. The van der Waals surface area contributed by atoms with Crippen LogP contribution in [0.25, 0.3) is 0 Å². The summed E-state index contributed by atoms with van der Waals surface area (Å²) in [5, 5.41) is 0. The Bertz CT molecular complexity index is 663. The van der Waals surface area contributed by atoms with Crippen molar-refractivity contribution in [3.63, 3.8) is 0 Å². The fourth-order valence-electron chi connectivity index (χ4n) is 3.34. The molecule has 1 aliphatic heterocycles. The smallest absolute Gasteiger partial charge is 0.222 e. The molecule has 0 atom stereocenters. The van der Waals surface area contributed by atoms with Gasteiger partial charge in [0.1, 0.15) is 0 Å². The van der Waals surface area contributed by atoms with Crippen molar-refractivity contribution in [3.8, 4) is 0 Å². The number of benzene rings is 2. The average Bonchev–Trinajstić information content (AvgIpc) is 3.15. The third kappa shape index (κ3) is 4.16. The molecule has 1 aliphatic rings. The monoisotopic (exact) mass is 322 g/mol. The van der Waals surface area contributed by atoms with Gasteiger partial charge in [-0.2, -0.15) is 0 Å². The molecule has 1 saturated heterocycles. The van der Waals surface area contributed by atoms with Crippen molar-refractivity contribution >= 4 is 11.6 Å². The van der Waals surface area contributed by atoms with E-state index >= 15 is 0 Å². The second-order valence-corrected chi connectivity index (χ2v) is 6.56. The van der Waals surface area contributed by atoms with Gasteiger partial charge in [0.05, 0.1) is 0 Å². The second-order valence-electron chi connectivity index (χ2n) is 6.56. The van der Waals surface area contributed by atoms with Crippen LogP contribution in [0.5, 0.6) is 0 Å². The van der Waals surface area contributed by atoms with Crippen LogP contribution in [0.15, 0.2) is 54.6 Å². The Morgan fingerprint density at radius 1 is 1.00 bits per heavy atom. The van der Waals surface area contributed by atoms with E-state index in [1.807, 2.05) is 30.1 Å². The quantitative estimate of drug-likeness (QED) is 0.806. The van der Waals surface area contributed by atoms with E-state index in [2.05, 4.69) is 41.3 Å². The molecule has 24 heavy (non-hydrogen) atoms. The maximum absolute atomic E-state index is 12.5. The first kappa shape index (κ1) is 16.6. The zero-order valence-electron chi connectivity index (χ0n) is 14.4. The molecular formula is C21H26N2O. The zero-order valence-corrected chi connectivity index (χ0v) is 14.4. The first-order chi connectivity index (χ1) is 11.7. The van der Waals surface area contributed by atoms with Crippen molar-refractivity contribution < 1.29 is 4.79 Å². The summed E-state index contributed by atoms with van der Waals surface area (Å²) in [4.78, 5) is 16.8. The maximum atomic E-state index is 12.5. The Kier molecular flexibility index (Phi) is 5.52. The van der Waals surface area contributed by atoms with Gasteiger partial charge in [0.15, 0.2) is 0 Å². The lowest BCUT2D eigenvalue weighted by molar-refractivity contribution is -0.130. The van der Waals surface area contributed by atoms with Gasteiger partial charge in [0.25, 0.3) is 0 Å². The van der Waals surface area contributed by atoms with E-state index in [0.717, 1.165) is 19.5 Å².